The standard InChI is InChI=1S/C15H15N7O2/c1-9-6-7-17-15-20-12(21-22(9)15)13(23)18-8-10-2-4-11(5-3-10)19-14(16)24/h2-7H,8H2,1H3,(H,18,23)(H3,16,19,24). The van der Waals surface area contributed by atoms with E-state index in [9.17, 15) is 9.59 Å². The van der Waals surface area contributed by atoms with E-state index >= 15 is 0 Å². The van der Waals surface area contributed by atoms with Crippen molar-refractivity contribution >= 4 is 23.4 Å². The molecule has 24 heavy (non-hydrogen) atoms. The number of carbonyl (C=O) groups is 2. The summed E-state index contributed by atoms with van der Waals surface area (Å²) in [5.41, 5.74) is 7.32. The second-order valence-corrected chi connectivity index (χ2v) is 5.10. The van der Waals surface area contributed by atoms with Crippen LogP contribution in [0, 0.1) is 6.92 Å². The molecule has 1 aromatic carbocycles. The number of aromatic nitrogens is 4. The summed E-state index contributed by atoms with van der Waals surface area (Å²) < 4.78 is 1.51. The highest BCUT2D eigenvalue weighted by Gasteiger charge is 2.13. The van der Waals surface area contributed by atoms with Gasteiger partial charge in [-0.15, -0.1) is 5.10 Å². The Morgan fingerprint density at radius 1 is 1.21 bits per heavy atom. The number of amides is 3. The third kappa shape index (κ3) is 3.29. The highest BCUT2D eigenvalue weighted by atomic mass is 16.2. The maximum atomic E-state index is 12.2. The fraction of sp³-hybridized carbons (Fsp3) is 0.133. The predicted molar refractivity (Wildman–Crippen MR) is 86.3 cm³/mol. The Balaban J connectivity index is 1.66. The Morgan fingerprint density at radius 3 is 2.62 bits per heavy atom. The molecule has 3 amide bonds. The lowest BCUT2D eigenvalue weighted by molar-refractivity contribution is 0.0940. The Hall–Kier alpha value is -3.49. The van der Waals surface area contributed by atoms with Gasteiger partial charge in [0.05, 0.1) is 0 Å². The van der Waals surface area contributed by atoms with E-state index in [1.165, 1.54) is 4.52 Å². The molecule has 2 heterocycles. The van der Waals surface area contributed by atoms with Crippen molar-refractivity contribution in [3.8, 4) is 0 Å². The van der Waals surface area contributed by atoms with Crippen LogP contribution in [-0.2, 0) is 6.54 Å². The molecule has 0 spiro atoms. The van der Waals surface area contributed by atoms with Crippen molar-refractivity contribution in [2.75, 3.05) is 5.32 Å². The molecule has 0 fully saturated rings. The first-order valence-corrected chi connectivity index (χ1v) is 7.15. The lowest BCUT2D eigenvalue weighted by Gasteiger charge is -2.05. The molecule has 0 bridgehead atoms. The number of primary amides is 1. The Bertz CT molecular complexity index is 902. The number of nitrogens with two attached hydrogens (primary N) is 1. The van der Waals surface area contributed by atoms with Gasteiger partial charge in [-0.3, -0.25) is 4.79 Å². The molecule has 0 aliphatic carbocycles. The van der Waals surface area contributed by atoms with Crippen molar-refractivity contribution in [2.45, 2.75) is 13.5 Å². The van der Waals surface area contributed by atoms with E-state index in [0.29, 0.717) is 18.0 Å². The van der Waals surface area contributed by atoms with Crippen LogP contribution in [0.4, 0.5) is 10.5 Å². The summed E-state index contributed by atoms with van der Waals surface area (Å²) in [6.45, 7) is 2.16. The van der Waals surface area contributed by atoms with E-state index in [-0.39, 0.29) is 11.7 Å². The molecular weight excluding hydrogens is 310 g/mol. The fourth-order valence-corrected chi connectivity index (χ4v) is 2.11. The molecular formula is C15H15N7O2. The van der Waals surface area contributed by atoms with Gasteiger partial charge in [0.25, 0.3) is 11.7 Å². The molecule has 3 aromatic rings. The molecule has 122 valence electrons. The van der Waals surface area contributed by atoms with Crippen LogP contribution in [0.3, 0.4) is 0 Å². The maximum absolute atomic E-state index is 12.2. The zero-order valence-electron chi connectivity index (χ0n) is 12.9. The van der Waals surface area contributed by atoms with Gasteiger partial charge in [-0.05, 0) is 30.7 Å². The van der Waals surface area contributed by atoms with Gasteiger partial charge in [0.1, 0.15) is 0 Å². The van der Waals surface area contributed by atoms with Crippen molar-refractivity contribution in [3.05, 3.63) is 53.6 Å². The van der Waals surface area contributed by atoms with Gasteiger partial charge in [-0.1, -0.05) is 12.1 Å². The van der Waals surface area contributed by atoms with Crippen LogP contribution >= 0.6 is 0 Å². The van der Waals surface area contributed by atoms with Crippen LogP contribution < -0.4 is 16.4 Å². The second-order valence-electron chi connectivity index (χ2n) is 5.10. The number of aryl methyl sites for hydroxylation is 1. The van der Waals surface area contributed by atoms with Crippen molar-refractivity contribution in [1.82, 2.24) is 24.9 Å². The molecule has 2 aromatic heterocycles. The lowest BCUT2D eigenvalue weighted by Crippen LogP contribution is -2.24. The number of hydrogen-bond donors (Lipinski definition) is 3. The minimum atomic E-state index is -0.627. The minimum Gasteiger partial charge on any atom is -0.351 e. The van der Waals surface area contributed by atoms with E-state index in [2.05, 4.69) is 25.7 Å². The lowest BCUT2D eigenvalue weighted by atomic mass is 10.2. The summed E-state index contributed by atoms with van der Waals surface area (Å²) in [7, 11) is 0. The molecule has 0 aliphatic rings. The molecule has 3 rings (SSSR count). The SMILES string of the molecule is Cc1ccnc2nc(C(=O)NCc3ccc(NC(N)=O)cc3)nn12. The van der Waals surface area contributed by atoms with Gasteiger partial charge < -0.3 is 16.4 Å². The van der Waals surface area contributed by atoms with Gasteiger partial charge in [-0.2, -0.15) is 4.98 Å². The Morgan fingerprint density at radius 2 is 1.96 bits per heavy atom. The number of benzene rings is 1. The van der Waals surface area contributed by atoms with E-state index in [1.54, 1.807) is 36.5 Å². The zero-order valence-corrected chi connectivity index (χ0v) is 12.9. The monoisotopic (exact) mass is 325 g/mol. The third-order valence-electron chi connectivity index (χ3n) is 3.31. The second kappa shape index (κ2) is 6.32. The third-order valence-corrected chi connectivity index (χ3v) is 3.31. The molecule has 9 nitrogen and oxygen atoms in total. The molecule has 0 aliphatic heterocycles. The smallest absolute Gasteiger partial charge is 0.316 e. The van der Waals surface area contributed by atoms with Crippen LogP contribution in [0.15, 0.2) is 36.5 Å². The van der Waals surface area contributed by atoms with Crippen molar-refractivity contribution < 1.29 is 9.59 Å². The van der Waals surface area contributed by atoms with Crippen molar-refractivity contribution in [3.63, 3.8) is 0 Å². The predicted octanol–water partition coefficient (Wildman–Crippen LogP) is 0.853. The largest absolute Gasteiger partial charge is 0.351 e. The summed E-state index contributed by atoms with van der Waals surface area (Å²) in [6, 6.07) is 8.09. The normalized spacial score (nSPS) is 10.5. The van der Waals surface area contributed by atoms with Gasteiger partial charge in [-0.25, -0.2) is 14.3 Å². The van der Waals surface area contributed by atoms with Gasteiger partial charge in [0, 0.05) is 24.1 Å². The molecule has 0 saturated heterocycles. The van der Waals surface area contributed by atoms with Crippen LogP contribution in [-0.4, -0.2) is 31.5 Å². The van der Waals surface area contributed by atoms with Crippen molar-refractivity contribution in [2.24, 2.45) is 5.73 Å². The first kappa shape index (κ1) is 15.4. The average Bonchev–Trinajstić information content (AvgIpc) is 2.99. The number of fused-ring (bicyclic) bond motifs is 1. The van der Waals surface area contributed by atoms with E-state index in [0.717, 1.165) is 11.3 Å². The Labute approximate surface area is 136 Å². The summed E-state index contributed by atoms with van der Waals surface area (Å²) >= 11 is 0. The molecule has 4 N–H and O–H groups in total. The number of nitrogens with one attached hydrogen (secondary N) is 2. The summed E-state index contributed by atoms with van der Waals surface area (Å²) in [5.74, 6) is 0.0464. The van der Waals surface area contributed by atoms with Crippen LogP contribution in [0.25, 0.3) is 5.78 Å². The highest BCUT2D eigenvalue weighted by Crippen LogP contribution is 2.09. The van der Waals surface area contributed by atoms with Crippen molar-refractivity contribution in [1.29, 1.82) is 0 Å². The van der Waals surface area contributed by atoms with E-state index in [1.807, 2.05) is 6.92 Å². The first-order chi connectivity index (χ1) is 11.5. The zero-order chi connectivity index (χ0) is 17.1. The van der Waals surface area contributed by atoms with E-state index < -0.39 is 6.03 Å². The molecule has 0 unspecified atom stereocenters. The van der Waals surface area contributed by atoms with E-state index in [4.69, 9.17) is 5.73 Å². The van der Waals surface area contributed by atoms with Crippen LogP contribution in [0.5, 0.6) is 0 Å². The molecule has 0 saturated carbocycles. The van der Waals surface area contributed by atoms with Gasteiger partial charge in [0.2, 0.25) is 5.82 Å². The number of anilines is 1. The van der Waals surface area contributed by atoms with Gasteiger partial charge in [0.15, 0.2) is 0 Å². The summed E-state index contributed by atoms with van der Waals surface area (Å²) in [5, 5.41) is 9.34. The number of hydrogen-bond acceptors (Lipinski definition) is 5. The number of carbonyl (C=O) groups excluding carboxylic acids is 2. The quantitative estimate of drug-likeness (QED) is 0.655. The number of nitrogens with zero attached hydrogens (tertiary/aromatic N) is 4. The maximum Gasteiger partial charge on any atom is 0.316 e. The molecule has 9 heteroatoms. The topological polar surface area (TPSA) is 127 Å². The average molecular weight is 325 g/mol. The van der Waals surface area contributed by atoms with Crippen LogP contribution in [0.1, 0.15) is 21.9 Å². The minimum absolute atomic E-state index is 0.0591. The highest BCUT2D eigenvalue weighted by molar-refractivity contribution is 5.90. The first-order valence-electron chi connectivity index (χ1n) is 7.15. The molecule has 0 radical (unpaired) electrons. The summed E-state index contributed by atoms with van der Waals surface area (Å²) in [4.78, 5) is 31.1. The fourth-order valence-electron chi connectivity index (χ4n) is 2.11. The number of rotatable bonds is 4. The molecule has 0 atom stereocenters. The van der Waals surface area contributed by atoms with Gasteiger partial charge >= 0.3 is 6.03 Å². The number of urea groups is 1. The summed E-state index contributed by atoms with van der Waals surface area (Å²) in [6.07, 6.45) is 1.61. The van der Waals surface area contributed by atoms with Crippen LogP contribution in [0.2, 0.25) is 0 Å². The Kier molecular flexibility index (Phi) is 4.06.